The van der Waals surface area contributed by atoms with E-state index in [1.165, 1.54) is 5.56 Å². The lowest BCUT2D eigenvalue weighted by Gasteiger charge is -2.11. The Labute approximate surface area is 320 Å². The molecule has 0 bridgehead atoms. The van der Waals surface area contributed by atoms with Gasteiger partial charge in [-0.2, -0.15) is 0 Å². The fourth-order valence-corrected chi connectivity index (χ4v) is 6.54. The van der Waals surface area contributed by atoms with Gasteiger partial charge in [0.15, 0.2) is 17.5 Å². The van der Waals surface area contributed by atoms with Crippen LogP contribution in [-0.2, 0) is 0 Å². The molecule has 0 fully saturated rings. The minimum Gasteiger partial charge on any atom is -0.255 e. The van der Waals surface area contributed by atoms with Crippen LogP contribution in [0.5, 0.6) is 0 Å². The third-order valence-corrected chi connectivity index (χ3v) is 9.56. The Hall–Kier alpha value is -7.44. The number of aryl methyl sites for hydroxylation is 1. The summed E-state index contributed by atoms with van der Waals surface area (Å²) in [7, 11) is 0. The van der Waals surface area contributed by atoms with Gasteiger partial charge in [-0.25, -0.2) is 19.9 Å². The summed E-state index contributed by atoms with van der Waals surface area (Å²) in [6, 6.07) is 59.8. The minimum atomic E-state index is 0.635. The molecule has 6 nitrogen and oxygen atoms in total. The van der Waals surface area contributed by atoms with Gasteiger partial charge in [0.05, 0.1) is 22.8 Å². The zero-order valence-electron chi connectivity index (χ0n) is 30.1. The summed E-state index contributed by atoms with van der Waals surface area (Å²) < 4.78 is 0. The second-order valence-corrected chi connectivity index (χ2v) is 13.3. The second kappa shape index (κ2) is 14.9. The number of rotatable bonds is 8. The summed E-state index contributed by atoms with van der Waals surface area (Å²) in [5, 5.41) is 0. The Bertz CT molecular complexity index is 2640. The first kappa shape index (κ1) is 33.4. The van der Waals surface area contributed by atoms with Crippen molar-refractivity contribution in [3.8, 4) is 90.3 Å². The molecule has 0 spiro atoms. The molecule has 0 saturated carbocycles. The largest absolute Gasteiger partial charge is 0.255 e. The number of hydrogen-bond acceptors (Lipinski definition) is 6. The molecule has 4 heterocycles. The molecule has 0 saturated heterocycles. The number of nitrogens with zero attached hydrogens (tertiary/aromatic N) is 6. The molecule has 9 rings (SSSR count). The normalized spacial score (nSPS) is 11.0. The molecule has 4 aromatic heterocycles. The van der Waals surface area contributed by atoms with Crippen LogP contribution in [0.4, 0.5) is 0 Å². The summed E-state index contributed by atoms with van der Waals surface area (Å²) in [5.74, 6) is 1.93. The van der Waals surface area contributed by atoms with Gasteiger partial charge in [-0.05, 0) is 65.1 Å². The highest BCUT2D eigenvalue weighted by molar-refractivity contribution is 5.77. The van der Waals surface area contributed by atoms with Crippen molar-refractivity contribution < 1.29 is 0 Å². The molecule has 6 heteroatoms. The number of benzene rings is 5. The minimum absolute atomic E-state index is 0.635. The van der Waals surface area contributed by atoms with Crippen molar-refractivity contribution in [2.24, 2.45) is 0 Å². The molecule has 0 atom stereocenters. The predicted octanol–water partition coefficient (Wildman–Crippen LogP) is 11.7. The van der Waals surface area contributed by atoms with Crippen LogP contribution in [0.15, 0.2) is 188 Å². The lowest BCUT2D eigenvalue weighted by Crippen LogP contribution is -2.00. The molecule has 0 radical (unpaired) electrons. The average molecular weight is 707 g/mol. The van der Waals surface area contributed by atoms with Crippen LogP contribution in [0, 0.1) is 6.92 Å². The van der Waals surface area contributed by atoms with E-state index in [2.05, 4.69) is 103 Å². The van der Waals surface area contributed by atoms with E-state index < -0.39 is 0 Å². The number of pyridine rings is 3. The maximum Gasteiger partial charge on any atom is 0.164 e. The zero-order valence-corrected chi connectivity index (χ0v) is 30.1. The summed E-state index contributed by atoms with van der Waals surface area (Å²) in [4.78, 5) is 29.0. The van der Waals surface area contributed by atoms with E-state index in [4.69, 9.17) is 24.9 Å². The first-order chi connectivity index (χ1) is 27.1. The van der Waals surface area contributed by atoms with Crippen molar-refractivity contribution in [3.05, 3.63) is 194 Å². The van der Waals surface area contributed by atoms with Gasteiger partial charge in [0.2, 0.25) is 0 Å². The molecule has 0 amide bonds. The summed E-state index contributed by atoms with van der Waals surface area (Å²) in [6.45, 7) is 2.10. The highest BCUT2D eigenvalue weighted by Gasteiger charge is 2.14. The van der Waals surface area contributed by atoms with E-state index in [1.54, 1.807) is 6.20 Å². The van der Waals surface area contributed by atoms with Gasteiger partial charge in [-0.1, -0.05) is 151 Å². The predicted molar refractivity (Wildman–Crippen MR) is 221 cm³/mol. The van der Waals surface area contributed by atoms with Crippen LogP contribution in [0.25, 0.3) is 90.3 Å². The quantitative estimate of drug-likeness (QED) is 0.157. The average Bonchev–Trinajstić information content (AvgIpc) is 3.27. The van der Waals surface area contributed by atoms with Crippen LogP contribution in [0.3, 0.4) is 0 Å². The Balaban J connectivity index is 0.968. The van der Waals surface area contributed by atoms with E-state index in [1.807, 2.05) is 91.1 Å². The molecule has 0 unspecified atom stereocenters. The highest BCUT2D eigenvalue weighted by atomic mass is 15.0. The maximum absolute atomic E-state index is 4.99. The molecule has 0 aliphatic rings. The van der Waals surface area contributed by atoms with Gasteiger partial charge < -0.3 is 0 Å². The molecule has 260 valence electrons. The molecule has 0 aliphatic heterocycles. The van der Waals surface area contributed by atoms with Crippen LogP contribution >= 0.6 is 0 Å². The fraction of sp³-hybridized carbons (Fsp3) is 0.0204. The van der Waals surface area contributed by atoms with Crippen molar-refractivity contribution in [1.82, 2.24) is 29.9 Å². The molecule has 55 heavy (non-hydrogen) atoms. The number of hydrogen-bond donors (Lipinski definition) is 0. The first-order valence-corrected chi connectivity index (χ1v) is 18.2. The Morgan fingerprint density at radius 3 is 1.20 bits per heavy atom. The van der Waals surface area contributed by atoms with Crippen molar-refractivity contribution in [2.45, 2.75) is 6.92 Å². The maximum atomic E-state index is 4.99. The van der Waals surface area contributed by atoms with Gasteiger partial charge in [0.25, 0.3) is 0 Å². The standard InChI is InChI=1S/C49H34N6/c1-33-15-17-37(18-16-33)42-30-45(43-14-8-9-29-50-43)52-46(31-42)44-28-27-41(32-51-44)36-21-19-34(20-22-36)35-23-25-40(26-24-35)49-54-47(38-10-4-2-5-11-38)53-48(55-49)39-12-6-3-7-13-39/h2-32H,1H3. The highest BCUT2D eigenvalue weighted by Crippen LogP contribution is 2.32. The van der Waals surface area contributed by atoms with Gasteiger partial charge in [0.1, 0.15) is 0 Å². The van der Waals surface area contributed by atoms with E-state index >= 15 is 0 Å². The third kappa shape index (κ3) is 7.30. The summed E-state index contributed by atoms with van der Waals surface area (Å²) >= 11 is 0. The molecular weight excluding hydrogens is 673 g/mol. The Kier molecular flexibility index (Phi) is 9.04. The molecule has 0 aliphatic carbocycles. The van der Waals surface area contributed by atoms with E-state index in [-0.39, 0.29) is 0 Å². The van der Waals surface area contributed by atoms with E-state index in [0.29, 0.717) is 17.5 Å². The lowest BCUT2D eigenvalue weighted by atomic mass is 9.99. The van der Waals surface area contributed by atoms with Crippen molar-refractivity contribution in [2.75, 3.05) is 0 Å². The molecule has 9 aromatic rings. The van der Waals surface area contributed by atoms with Gasteiger partial charge in [-0.3, -0.25) is 9.97 Å². The van der Waals surface area contributed by atoms with E-state index in [0.717, 1.165) is 72.8 Å². The smallest absolute Gasteiger partial charge is 0.164 e. The Morgan fingerprint density at radius 1 is 0.291 bits per heavy atom. The molecular formula is C49H34N6. The summed E-state index contributed by atoms with van der Waals surface area (Å²) in [6.07, 6.45) is 3.71. The van der Waals surface area contributed by atoms with E-state index in [9.17, 15) is 0 Å². The molecule has 0 N–H and O–H groups in total. The molecule has 5 aromatic carbocycles. The van der Waals surface area contributed by atoms with Crippen LogP contribution < -0.4 is 0 Å². The summed E-state index contributed by atoms with van der Waals surface area (Å²) in [5.41, 5.74) is 13.8. The van der Waals surface area contributed by atoms with Crippen molar-refractivity contribution in [1.29, 1.82) is 0 Å². The SMILES string of the molecule is Cc1ccc(-c2cc(-c3ccccn3)nc(-c3ccc(-c4ccc(-c5ccc(-c6nc(-c7ccccc7)nc(-c7ccccc7)n6)cc5)cc4)cn3)c2)cc1. The number of aromatic nitrogens is 6. The van der Waals surface area contributed by atoms with Crippen molar-refractivity contribution >= 4 is 0 Å². The van der Waals surface area contributed by atoms with Crippen LogP contribution in [0.2, 0.25) is 0 Å². The van der Waals surface area contributed by atoms with Gasteiger partial charge in [0, 0.05) is 34.6 Å². The second-order valence-electron chi connectivity index (χ2n) is 13.3. The lowest BCUT2D eigenvalue weighted by molar-refractivity contribution is 1.07. The van der Waals surface area contributed by atoms with Crippen molar-refractivity contribution in [3.63, 3.8) is 0 Å². The third-order valence-electron chi connectivity index (χ3n) is 9.56. The first-order valence-electron chi connectivity index (χ1n) is 18.2. The monoisotopic (exact) mass is 706 g/mol. The van der Waals surface area contributed by atoms with Gasteiger partial charge >= 0.3 is 0 Å². The zero-order chi connectivity index (χ0) is 37.0. The van der Waals surface area contributed by atoms with Gasteiger partial charge in [-0.15, -0.1) is 0 Å². The Morgan fingerprint density at radius 2 is 0.709 bits per heavy atom. The fourth-order valence-electron chi connectivity index (χ4n) is 6.54. The van der Waals surface area contributed by atoms with Crippen LogP contribution in [0.1, 0.15) is 5.56 Å². The van der Waals surface area contributed by atoms with Crippen LogP contribution in [-0.4, -0.2) is 29.9 Å². The topological polar surface area (TPSA) is 77.3 Å².